The molecule has 2 heterocycles. The van der Waals surface area contributed by atoms with Crippen molar-refractivity contribution in [3.05, 3.63) is 11.2 Å². The Hall–Kier alpha value is -0.540. The van der Waals surface area contributed by atoms with Gasteiger partial charge in [-0.1, -0.05) is 0 Å². The third-order valence-corrected chi connectivity index (χ3v) is 6.37. The molecule has 1 aromatic rings. The average molecular weight is 290 g/mol. The van der Waals surface area contributed by atoms with Gasteiger partial charge in [0.1, 0.15) is 0 Å². The van der Waals surface area contributed by atoms with Gasteiger partial charge in [-0.15, -0.1) is 11.3 Å². The van der Waals surface area contributed by atoms with Crippen LogP contribution < -0.4 is 5.73 Å². The fourth-order valence-corrected chi connectivity index (χ4v) is 4.94. The molecule has 1 aliphatic heterocycles. The molecule has 18 heavy (non-hydrogen) atoms. The van der Waals surface area contributed by atoms with E-state index < -0.39 is 10.0 Å². The SMILES string of the molecule is Cc1ncc(S(=O)(=O)N2CCN(C)CC2CN)s1. The van der Waals surface area contributed by atoms with Crippen molar-refractivity contribution in [2.24, 2.45) is 5.73 Å². The van der Waals surface area contributed by atoms with Crippen LogP contribution >= 0.6 is 11.3 Å². The van der Waals surface area contributed by atoms with Crippen LogP contribution in [0.4, 0.5) is 0 Å². The summed E-state index contributed by atoms with van der Waals surface area (Å²) >= 11 is 1.21. The van der Waals surface area contributed by atoms with Gasteiger partial charge in [-0.05, 0) is 14.0 Å². The summed E-state index contributed by atoms with van der Waals surface area (Å²) in [4.78, 5) is 6.11. The highest BCUT2D eigenvalue weighted by atomic mass is 32.2. The monoisotopic (exact) mass is 290 g/mol. The van der Waals surface area contributed by atoms with E-state index >= 15 is 0 Å². The van der Waals surface area contributed by atoms with Crippen LogP contribution in [0.1, 0.15) is 5.01 Å². The molecule has 1 aromatic heterocycles. The van der Waals surface area contributed by atoms with E-state index in [2.05, 4.69) is 9.88 Å². The Bertz CT molecular complexity index is 514. The Morgan fingerprint density at radius 2 is 2.28 bits per heavy atom. The summed E-state index contributed by atoms with van der Waals surface area (Å²) in [7, 11) is -1.47. The summed E-state index contributed by atoms with van der Waals surface area (Å²) in [6.07, 6.45) is 1.43. The van der Waals surface area contributed by atoms with Gasteiger partial charge in [0.2, 0.25) is 0 Å². The minimum Gasteiger partial charge on any atom is -0.329 e. The summed E-state index contributed by atoms with van der Waals surface area (Å²) in [6, 6.07) is -0.156. The van der Waals surface area contributed by atoms with Gasteiger partial charge in [0.15, 0.2) is 4.21 Å². The zero-order valence-corrected chi connectivity index (χ0v) is 12.2. The lowest BCUT2D eigenvalue weighted by atomic mass is 10.2. The Balaban J connectivity index is 2.29. The first-order chi connectivity index (χ1) is 8.45. The van der Waals surface area contributed by atoms with E-state index in [0.29, 0.717) is 23.8 Å². The normalized spacial score (nSPS) is 23.4. The van der Waals surface area contributed by atoms with Crippen LogP contribution in [0.25, 0.3) is 0 Å². The summed E-state index contributed by atoms with van der Waals surface area (Å²) in [5, 5.41) is 0.756. The van der Waals surface area contributed by atoms with Crippen LogP contribution in [0.5, 0.6) is 0 Å². The highest BCUT2D eigenvalue weighted by molar-refractivity contribution is 7.91. The van der Waals surface area contributed by atoms with Gasteiger partial charge < -0.3 is 10.6 Å². The molecule has 1 fully saturated rings. The number of nitrogens with zero attached hydrogens (tertiary/aromatic N) is 3. The van der Waals surface area contributed by atoms with Crippen LogP contribution in [0.15, 0.2) is 10.4 Å². The fraction of sp³-hybridized carbons (Fsp3) is 0.700. The number of hydrogen-bond acceptors (Lipinski definition) is 6. The molecule has 102 valence electrons. The Labute approximate surface area is 111 Å². The van der Waals surface area contributed by atoms with E-state index in [0.717, 1.165) is 11.6 Å². The van der Waals surface area contributed by atoms with E-state index in [-0.39, 0.29) is 6.04 Å². The van der Waals surface area contributed by atoms with Gasteiger partial charge >= 0.3 is 0 Å². The van der Waals surface area contributed by atoms with Gasteiger partial charge in [0.05, 0.1) is 17.2 Å². The van der Waals surface area contributed by atoms with Crippen molar-refractivity contribution in [2.45, 2.75) is 17.2 Å². The second-order valence-electron chi connectivity index (χ2n) is 4.47. The number of thiazole rings is 1. The summed E-state index contributed by atoms with van der Waals surface area (Å²) in [5.74, 6) is 0. The van der Waals surface area contributed by atoms with Crippen molar-refractivity contribution in [2.75, 3.05) is 33.2 Å². The smallest absolute Gasteiger partial charge is 0.254 e. The second kappa shape index (κ2) is 5.22. The van der Waals surface area contributed by atoms with Crippen LogP contribution in [0.3, 0.4) is 0 Å². The van der Waals surface area contributed by atoms with Crippen molar-refractivity contribution >= 4 is 21.4 Å². The van der Waals surface area contributed by atoms with Gasteiger partial charge in [-0.3, -0.25) is 0 Å². The highest BCUT2D eigenvalue weighted by Gasteiger charge is 2.35. The number of rotatable bonds is 3. The van der Waals surface area contributed by atoms with Gasteiger partial charge in [-0.2, -0.15) is 4.31 Å². The maximum Gasteiger partial charge on any atom is 0.254 e. The van der Waals surface area contributed by atoms with Crippen LogP contribution in [0, 0.1) is 6.92 Å². The maximum atomic E-state index is 12.5. The van der Waals surface area contributed by atoms with Crippen LogP contribution in [-0.4, -0.2) is 61.9 Å². The molecule has 8 heteroatoms. The minimum absolute atomic E-state index is 0.156. The van der Waals surface area contributed by atoms with E-state index in [1.165, 1.54) is 21.8 Å². The number of hydrogen-bond donors (Lipinski definition) is 1. The van der Waals surface area contributed by atoms with Crippen LogP contribution in [0.2, 0.25) is 0 Å². The van der Waals surface area contributed by atoms with Crippen molar-refractivity contribution in [1.29, 1.82) is 0 Å². The molecule has 0 saturated carbocycles. The number of likely N-dealkylation sites (N-methyl/N-ethyl adjacent to an activating group) is 1. The molecule has 0 spiro atoms. The van der Waals surface area contributed by atoms with E-state index in [9.17, 15) is 8.42 Å². The van der Waals surface area contributed by atoms with E-state index in [4.69, 9.17) is 5.73 Å². The lowest BCUT2D eigenvalue weighted by Crippen LogP contribution is -2.56. The third-order valence-electron chi connectivity index (χ3n) is 3.07. The predicted octanol–water partition coefficient (Wildman–Crippen LogP) is -0.285. The highest BCUT2D eigenvalue weighted by Crippen LogP contribution is 2.25. The largest absolute Gasteiger partial charge is 0.329 e. The lowest BCUT2D eigenvalue weighted by Gasteiger charge is -2.38. The molecule has 1 unspecified atom stereocenters. The minimum atomic E-state index is -3.44. The van der Waals surface area contributed by atoms with E-state index in [1.54, 1.807) is 6.92 Å². The Kier molecular flexibility index (Phi) is 4.02. The molecular formula is C10H18N4O2S2. The second-order valence-corrected chi connectivity index (χ2v) is 7.82. The Morgan fingerprint density at radius 3 is 2.83 bits per heavy atom. The molecule has 2 N–H and O–H groups in total. The number of sulfonamides is 1. The first-order valence-corrected chi connectivity index (χ1v) is 8.03. The number of aryl methyl sites for hydroxylation is 1. The summed E-state index contributed by atoms with van der Waals surface area (Å²) in [5.41, 5.74) is 5.69. The standard InChI is InChI=1S/C10H18N4O2S2/c1-8-12-6-10(17-8)18(15,16)14-4-3-13(2)7-9(14)5-11/h6,9H,3-5,7,11H2,1-2H3. The molecule has 0 aromatic carbocycles. The van der Waals surface area contributed by atoms with Crippen molar-refractivity contribution in [3.8, 4) is 0 Å². The third kappa shape index (κ3) is 2.57. The van der Waals surface area contributed by atoms with Crippen molar-refractivity contribution in [3.63, 3.8) is 0 Å². The molecule has 1 atom stereocenters. The first kappa shape index (κ1) is 13.9. The molecule has 2 rings (SSSR count). The summed E-state index contributed by atoms with van der Waals surface area (Å²) in [6.45, 7) is 4.02. The molecular weight excluding hydrogens is 272 g/mol. The molecule has 1 aliphatic rings. The van der Waals surface area contributed by atoms with Gasteiger partial charge in [0, 0.05) is 26.2 Å². The maximum absolute atomic E-state index is 12.5. The summed E-state index contributed by atoms with van der Waals surface area (Å²) < 4.78 is 26.8. The zero-order chi connectivity index (χ0) is 13.3. The molecule has 6 nitrogen and oxygen atoms in total. The van der Waals surface area contributed by atoms with Crippen molar-refractivity contribution < 1.29 is 8.42 Å². The fourth-order valence-electron chi connectivity index (χ4n) is 2.08. The van der Waals surface area contributed by atoms with Gasteiger partial charge in [-0.25, -0.2) is 13.4 Å². The van der Waals surface area contributed by atoms with Crippen LogP contribution in [-0.2, 0) is 10.0 Å². The van der Waals surface area contributed by atoms with Crippen molar-refractivity contribution in [1.82, 2.24) is 14.2 Å². The molecule has 0 aliphatic carbocycles. The van der Waals surface area contributed by atoms with E-state index in [1.807, 2.05) is 7.05 Å². The molecule has 0 bridgehead atoms. The average Bonchev–Trinajstić information content (AvgIpc) is 2.76. The number of aromatic nitrogens is 1. The molecule has 0 amide bonds. The Morgan fingerprint density at radius 1 is 1.56 bits per heavy atom. The number of nitrogens with two attached hydrogens (primary N) is 1. The van der Waals surface area contributed by atoms with Gasteiger partial charge in [0.25, 0.3) is 10.0 Å². The zero-order valence-electron chi connectivity index (χ0n) is 10.5. The lowest BCUT2D eigenvalue weighted by molar-refractivity contribution is 0.164. The first-order valence-electron chi connectivity index (χ1n) is 5.78. The molecule has 0 radical (unpaired) electrons. The number of piperazine rings is 1. The predicted molar refractivity (Wildman–Crippen MR) is 71.1 cm³/mol. The topological polar surface area (TPSA) is 79.5 Å². The quantitative estimate of drug-likeness (QED) is 0.828. The molecule has 1 saturated heterocycles.